The molecule has 1 aromatic heterocycles. The highest BCUT2D eigenvalue weighted by molar-refractivity contribution is 5.50. The summed E-state index contributed by atoms with van der Waals surface area (Å²) in [6.45, 7) is 3.48. The first kappa shape index (κ1) is 13.7. The Labute approximate surface area is 114 Å². The van der Waals surface area contributed by atoms with Crippen LogP contribution in [0.4, 0.5) is 11.5 Å². The van der Waals surface area contributed by atoms with Crippen LogP contribution in [-0.4, -0.2) is 14.9 Å². The van der Waals surface area contributed by atoms with E-state index in [0.717, 1.165) is 5.56 Å². The predicted octanol–water partition coefficient (Wildman–Crippen LogP) is 2.08. The fourth-order valence-corrected chi connectivity index (χ4v) is 1.63. The van der Waals surface area contributed by atoms with Crippen molar-refractivity contribution >= 4 is 11.5 Å². The highest BCUT2D eigenvalue weighted by Crippen LogP contribution is 2.31. The van der Waals surface area contributed by atoms with Gasteiger partial charge in [0.15, 0.2) is 0 Å². The number of hydrazine groups is 1. The van der Waals surface area contributed by atoms with Gasteiger partial charge in [0.1, 0.15) is 11.6 Å². The molecule has 104 valence electrons. The van der Waals surface area contributed by atoms with Crippen molar-refractivity contribution in [3.8, 4) is 11.6 Å². The Bertz CT molecular complexity index is 660. The Kier molecular flexibility index (Phi) is 3.76. The van der Waals surface area contributed by atoms with E-state index in [4.69, 9.17) is 10.6 Å². The van der Waals surface area contributed by atoms with Crippen molar-refractivity contribution in [2.24, 2.45) is 5.84 Å². The van der Waals surface area contributed by atoms with Crippen LogP contribution in [0.2, 0.25) is 0 Å². The Hall–Kier alpha value is -2.74. The summed E-state index contributed by atoms with van der Waals surface area (Å²) in [6, 6.07) is 6.06. The zero-order valence-electron chi connectivity index (χ0n) is 11.0. The van der Waals surface area contributed by atoms with Crippen LogP contribution < -0.4 is 16.0 Å². The lowest BCUT2D eigenvalue weighted by Crippen LogP contribution is -2.10. The van der Waals surface area contributed by atoms with E-state index in [1.165, 1.54) is 12.1 Å². The molecule has 0 saturated carbocycles. The van der Waals surface area contributed by atoms with Gasteiger partial charge in [0.25, 0.3) is 0 Å². The molecule has 0 unspecified atom stereocenters. The lowest BCUT2D eigenvalue weighted by molar-refractivity contribution is -0.385. The average molecular weight is 275 g/mol. The topological polar surface area (TPSA) is 116 Å². The molecule has 2 aromatic rings. The Morgan fingerprint density at radius 3 is 2.70 bits per heavy atom. The summed E-state index contributed by atoms with van der Waals surface area (Å²) in [5.41, 5.74) is 3.09. The highest BCUT2D eigenvalue weighted by Gasteiger charge is 2.16. The van der Waals surface area contributed by atoms with Crippen molar-refractivity contribution in [3.63, 3.8) is 0 Å². The molecule has 8 nitrogen and oxygen atoms in total. The number of benzene rings is 1. The third kappa shape index (κ3) is 2.98. The van der Waals surface area contributed by atoms with Gasteiger partial charge in [-0.1, -0.05) is 6.07 Å². The molecule has 3 N–H and O–H groups in total. The number of aryl methyl sites for hydroxylation is 2. The normalized spacial score (nSPS) is 10.2. The smallest absolute Gasteiger partial charge is 0.311 e. The van der Waals surface area contributed by atoms with E-state index in [1.54, 1.807) is 19.1 Å². The largest absolute Gasteiger partial charge is 0.432 e. The van der Waals surface area contributed by atoms with E-state index in [1.807, 2.05) is 6.92 Å². The molecule has 20 heavy (non-hydrogen) atoms. The predicted molar refractivity (Wildman–Crippen MR) is 72.5 cm³/mol. The van der Waals surface area contributed by atoms with Gasteiger partial charge in [0.05, 0.1) is 4.92 Å². The van der Waals surface area contributed by atoms with Gasteiger partial charge in [-0.05, 0) is 25.5 Å². The third-order valence-corrected chi connectivity index (χ3v) is 2.49. The van der Waals surface area contributed by atoms with Gasteiger partial charge in [-0.3, -0.25) is 10.1 Å². The van der Waals surface area contributed by atoms with Gasteiger partial charge in [0.2, 0.25) is 11.6 Å². The highest BCUT2D eigenvalue weighted by atomic mass is 16.6. The molecule has 0 radical (unpaired) electrons. The third-order valence-electron chi connectivity index (χ3n) is 2.49. The molecular formula is C12H13N5O3. The summed E-state index contributed by atoms with van der Waals surface area (Å²) in [6.07, 6.45) is 0. The van der Waals surface area contributed by atoms with Crippen LogP contribution in [0, 0.1) is 24.0 Å². The summed E-state index contributed by atoms with van der Waals surface area (Å²) in [4.78, 5) is 18.5. The van der Waals surface area contributed by atoms with Crippen molar-refractivity contribution in [3.05, 3.63) is 45.8 Å². The molecule has 1 aromatic carbocycles. The Morgan fingerprint density at radius 1 is 1.30 bits per heavy atom. The van der Waals surface area contributed by atoms with Crippen LogP contribution >= 0.6 is 0 Å². The van der Waals surface area contributed by atoms with Gasteiger partial charge in [-0.15, -0.1) is 0 Å². The standard InChI is InChI=1S/C12H13N5O3/c1-7-3-4-9(17(18)19)10(5-7)20-12-6-11(16-13)14-8(2)15-12/h3-6H,13H2,1-2H3,(H,14,15,16). The number of ether oxygens (including phenoxy) is 1. The second kappa shape index (κ2) is 5.49. The van der Waals surface area contributed by atoms with E-state index in [9.17, 15) is 10.1 Å². The van der Waals surface area contributed by atoms with E-state index in [0.29, 0.717) is 11.6 Å². The summed E-state index contributed by atoms with van der Waals surface area (Å²) >= 11 is 0. The molecule has 0 aliphatic heterocycles. The van der Waals surface area contributed by atoms with Gasteiger partial charge in [0, 0.05) is 12.1 Å². The van der Waals surface area contributed by atoms with Crippen molar-refractivity contribution in [2.45, 2.75) is 13.8 Å². The van der Waals surface area contributed by atoms with Gasteiger partial charge >= 0.3 is 5.69 Å². The second-order valence-electron chi connectivity index (χ2n) is 4.11. The minimum absolute atomic E-state index is 0.121. The minimum atomic E-state index is -0.509. The number of nitrogen functional groups attached to an aromatic ring is 1. The summed E-state index contributed by atoms with van der Waals surface area (Å²) < 4.78 is 5.49. The number of nitrogens with one attached hydrogen (secondary N) is 1. The zero-order chi connectivity index (χ0) is 14.7. The van der Waals surface area contributed by atoms with Gasteiger partial charge < -0.3 is 10.2 Å². The molecule has 0 aliphatic rings. The van der Waals surface area contributed by atoms with Crippen molar-refractivity contribution < 1.29 is 9.66 Å². The fourth-order valence-electron chi connectivity index (χ4n) is 1.63. The lowest BCUT2D eigenvalue weighted by atomic mass is 10.2. The van der Waals surface area contributed by atoms with E-state index in [2.05, 4.69) is 15.4 Å². The van der Waals surface area contributed by atoms with Crippen molar-refractivity contribution in [1.82, 2.24) is 9.97 Å². The number of rotatable bonds is 4. The first-order valence-corrected chi connectivity index (χ1v) is 5.75. The Morgan fingerprint density at radius 2 is 2.05 bits per heavy atom. The van der Waals surface area contributed by atoms with Crippen LogP contribution in [0.15, 0.2) is 24.3 Å². The number of hydrogen-bond donors (Lipinski definition) is 2. The van der Waals surface area contributed by atoms with Gasteiger partial charge in [-0.2, -0.15) is 4.98 Å². The first-order chi connectivity index (χ1) is 9.49. The number of nitro benzene ring substituents is 1. The number of aromatic nitrogens is 2. The number of hydrogen-bond acceptors (Lipinski definition) is 7. The maximum Gasteiger partial charge on any atom is 0.311 e. The maximum absolute atomic E-state index is 11.0. The van der Waals surface area contributed by atoms with Crippen LogP contribution in [-0.2, 0) is 0 Å². The fraction of sp³-hybridized carbons (Fsp3) is 0.167. The monoisotopic (exact) mass is 275 g/mol. The molecule has 0 saturated heterocycles. The molecule has 0 amide bonds. The van der Waals surface area contributed by atoms with Crippen molar-refractivity contribution in [1.29, 1.82) is 0 Å². The molecule has 0 spiro atoms. The molecule has 0 bridgehead atoms. The summed E-state index contributed by atoms with van der Waals surface area (Å²) in [7, 11) is 0. The lowest BCUT2D eigenvalue weighted by Gasteiger charge is -2.08. The quantitative estimate of drug-likeness (QED) is 0.498. The average Bonchev–Trinajstić information content (AvgIpc) is 2.37. The van der Waals surface area contributed by atoms with Crippen LogP contribution in [0.5, 0.6) is 11.6 Å². The number of nitrogens with zero attached hydrogens (tertiary/aromatic N) is 3. The van der Waals surface area contributed by atoms with E-state index in [-0.39, 0.29) is 17.3 Å². The molecule has 0 atom stereocenters. The molecule has 0 aliphatic carbocycles. The summed E-state index contributed by atoms with van der Waals surface area (Å²) in [5.74, 6) is 6.38. The Balaban J connectivity index is 2.41. The first-order valence-electron chi connectivity index (χ1n) is 5.75. The number of nitrogens with two attached hydrogens (primary N) is 1. The second-order valence-corrected chi connectivity index (χ2v) is 4.11. The molecule has 2 rings (SSSR count). The number of nitro groups is 1. The maximum atomic E-state index is 11.0. The summed E-state index contributed by atoms with van der Waals surface area (Å²) in [5, 5.41) is 11.0. The van der Waals surface area contributed by atoms with Crippen LogP contribution in [0.1, 0.15) is 11.4 Å². The molecule has 8 heteroatoms. The van der Waals surface area contributed by atoms with Crippen LogP contribution in [0.3, 0.4) is 0 Å². The number of anilines is 1. The SMILES string of the molecule is Cc1ccc([N+](=O)[O-])c(Oc2cc(NN)nc(C)n2)c1. The van der Waals surface area contributed by atoms with Crippen LogP contribution in [0.25, 0.3) is 0 Å². The van der Waals surface area contributed by atoms with Crippen molar-refractivity contribution in [2.75, 3.05) is 5.43 Å². The zero-order valence-corrected chi connectivity index (χ0v) is 11.0. The molecule has 1 heterocycles. The molecular weight excluding hydrogens is 262 g/mol. The molecule has 0 fully saturated rings. The van der Waals surface area contributed by atoms with Gasteiger partial charge in [-0.25, -0.2) is 10.8 Å². The minimum Gasteiger partial charge on any atom is -0.432 e. The van der Waals surface area contributed by atoms with E-state index >= 15 is 0 Å². The van der Waals surface area contributed by atoms with E-state index < -0.39 is 4.92 Å².